The van der Waals surface area contributed by atoms with Crippen LogP contribution in [0, 0.1) is 5.92 Å². The van der Waals surface area contributed by atoms with Crippen molar-refractivity contribution in [1.29, 1.82) is 0 Å². The van der Waals surface area contributed by atoms with Gasteiger partial charge in [0.2, 0.25) is 11.8 Å². The molecular weight excluding hydrogens is 230 g/mol. The molecular formula is C13H23N3O2. The van der Waals surface area contributed by atoms with Gasteiger partial charge in [0.25, 0.3) is 0 Å². The van der Waals surface area contributed by atoms with Gasteiger partial charge >= 0.3 is 0 Å². The lowest BCUT2D eigenvalue weighted by Crippen LogP contribution is -2.48. The van der Waals surface area contributed by atoms with E-state index in [1.807, 2.05) is 4.90 Å². The van der Waals surface area contributed by atoms with Crippen molar-refractivity contribution in [3.63, 3.8) is 0 Å². The van der Waals surface area contributed by atoms with E-state index in [1.54, 1.807) is 6.92 Å². The van der Waals surface area contributed by atoms with Gasteiger partial charge in [-0.1, -0.05) is 13.8 Å². The van der Waals surface area contributed by atoms with Crippen LogP contribution in [0.5, 0.6) is 0 Å². The fourth-order valence-electron chi connectivity index (χ4n) is 3.07. The Labute approximate surface area is 108 Å². The summed E-state index contributed by atoms with van der Waals surface area (Å²) in [6.07, 6.45) is 2.13. The summed E-state index contributed by atoms with van der Waals surface area (Å²) in [7, 11) is 0. The quantitative estimate of drug-likeness (QED) is 0.761. The minimum absolute atomic E-state index is 0.186. The Bertz CT molecular complexity index is 345. The summed E-state index contributed by atoms with van der Waals surface area (Å²) in [5.41, 5.74) is 5.20. The van der Waals surface area contributed by atoms with E-state index in [0.717, 1.165) is 26.1 Å². The molecule has 0 aromatic heterocycles. The summed E-state index contributed by atoms with van der Waals surface area (Å²) < 4.78 is 0. The second-order valence-corrected chi connectivity index (χ2v) is 5.52. The zero-order valence-electron chi connectivity index (χ0n) is 11.3. The van der Waals surface area contributed by atoms with Crippen molar-refractivity contribution in [3.05, 3.63) is 0 Å². The van der Waals surface area contributed by atoms with Crippen molar-refractivity contribution in [3.8, 4) is 0 Å². The van der Waals surface area contributed by atoms with Crippen LogP contribution in [0.15, 0.2) is 0 Å². The topological polar surface area (TPSA) is 66.6 Å². The Morgan fingerprint density at radius 2 is 2.06 bits per heavy atom. The highest BCUT2D eigenvalue weighted by Gasteiger charge is 2.44. The molecule has 2 saturated heterocycles. The number of likely N-dealkylation sites (N-methyl/N-ethyl adjacent to an activating group) is 1. The molecule has 0 saturated carbocycles. The zero-order chi connectivity index (χ0) is 13.3. The van der Waals surface area contributed by atoms with Crippen molar-refractivity contribution in [2.75, 3.05) is 19.6 Å². The minimum Gasteiger partial charge on any atom is -0.369 e. The van der Waals surface area contributed by atoms with E-state index >= 15 is 0 Å². The van der Waals surface area contributed by atoms with Crippen LogP contribution in [0.3, 0.4) is 0 Å². The van der Waals surface area contributed by atoms with Crippen molar-refractivity contribution < 1.29 is 9.59 Å². The average Bonchev–Trinajstić information content (AvgIpc) is 2.94. The summed E-state index contributed by atoms with van der Waals surface area (Å²) in [5.74, 6) is -0.338. The Hall–Kier alpha value is -1.10. The summed E-state index contributed by atoms with van der Waals surface area (Å²) in [6, 6.07) is 0.948. The molecule has 18 heavy (non-hydrogen) atoms. The molecule has 2 rings (SSSR count). The highest BCUT2D eigenvalue weighted by Crippen LogP contribution is 2.31. The van der Waals surface area contributed by atoms with Gasteiger partial charge < -0.3 is 10.6 Å². The number of carbonyl (C=O) groups excluding carboxylic acids is 2. The molecule has 2 N–H and O–H groups in total. The number of fused-ring (bicyclic) bond motifs is 2. The average molecular weight is 253 g/mol. The van der Waals surface area contributed by atoms with Gasteiger partial charge in [0.1, 0.15) is 0 Å². The molecule has 0 aliphatic carbocycles. The normalized spacial score (nSPS) is 28.7. The molecule has 0 aromatic carbocycles. The van der Waals surface area contributed by atoms with E-state index in [-0.39, 0.29) is 17.7 Å². The smallest absolute Gasteiger partial charge is 0.222 e. The Balaban J connectivity index is 1.80. The molecule has 0 radical (unpaired) electrons. The van der Waals surface area contributed by atoms with Gasteiger partial charge in [0, 0.05) is 37.5 Å². The van der Waals surface area contributed by atoms with Crippen LogP contribution in [0.4, 0.5) is 0 Å². The highest BCUT2D eigenvalue weighted by atomic mass is 16.2. The molecule has 2 heterocycles. The van der Waals surface area contributed by atoms with E-state index in [2.05, 4.69) is 11.8 Å². The van der Waals surface area contributed by atoms with E-state index in [9.17, 15) is 9.59 Å². The minimum atomic E-state index is -0.317. The molecule has 2 amide bonds. The van der Waals surface area contributed by atoms with Crippen LogP contribution in [-0.4, -0.2) is 53.3 Å². The third-order valence-electron chi connectivity index (χ3n) is 4.36. The van der Waals surface area contributed by atoms with Crippen LogP contribution < -0.4 is 5.73 Å². The van der Waals surface area contributed by atoms with Crippen LogP contribution >= 0.6 is 0 Å². The largest absolute Gasteiger partial charge is 0.369 e. The number of hydrogen-bond donors (Lipinski definition) is 1. The first kappa shape index (κ1) is 13.3. The number of piperazine rings is 1. The lowest BCUT2D eigenvalue weighted by Gasteiger charge is -2.33. The van der Waals surface area contributed by atoms with Crippen LogP contribution in [0.2, 0.25) is 0 Å². The van der Waals surface area contributed by atoms with Gasteiger partial charge in [-0.25, -0.2) is 0 Å². The number of nitrogens with two attached hydrogens (primary N) is 1. The maximum Gasteiger partial charge on any atom is 0.222 e. The lowest BCUT2D eigenvalue weighted by molar-refractivity contribution is -0.134. The summed E-state index contributed by atoms with van der Waals surface area (Å²) in [4.78, 5) is 27.5. The van der Waals surface area contributed by atoms with Crippen molar-refractivity contribution in [2.45, 2.75) is 45.2 Å². The fourth-order valence-corrected chi connectivity index (χ4v) is 3.07. The number of amides is 2. The zero-order valence-corrected chi connectivity index (χ0v) is 11.3. The molecule has 5 heteroatoms. The standard InChI is InChI=1S/C13H23N3O2/c1-3-15-7-11-6-10(15)8-16(11)12(17)5-4-9(2)13(14)18/h9-11H,3-8H2,1-2H3,(H2,14,18)/t9?,10?,11-/m0/s1. The van der Waals surface area contributed by atoms with Gasteiger partial charge in [-0.3, -0.25) is 14.5 Å². The van der Waals surface area contributed by atoms with Crippen LogP contribution in [-0.2, 0) is 9.59 Å². The highest BCUT2D eigenvalue weighted by molar-refractivity contribution is 5.79. The maximum absolute atomic E-state index is 12.1. The fraction of sp³-hybridized carbons (Fsp3) is 0.846. The molecule has 0 aromatic rings. The Morgan fingerprint density at radius 3 is 2.56 bits per heavy atom. The van der Waals surface area contributed by atoms with Gasteiger partial charge in [-0.05, 0) is 19.4 Å². The Morgan fingerprint density at radius 1 is 1.33 bits per heavy atom. The summed E-state index contributed by atoms with van der Waals surface area (Å²) >= 11 is 0. The number of rotatable bonds is 5. The first-order chi connectivity index (χ1) is 8.52. The van der Waals surface area contributed by atoms with Gasteiger partial charge in [0.05, 0.1) is 0 Å². The van der Waals surface area contributed by atoms with Gasteiger partial charge in [-0.2, -0.15) is 0 Å². The van der Waals surface area contributed by atoms with E-state index < -0.39 is 0 Å². The molecule has 5 nitrogen and oxygen atoms in total. The number of likely N-dealkylation sites (tertiary alicyclic amines) is 2. The van der Waals surface area contributed by atoms with Crippen molar-refractivity contribution >= 4 is 11.8 Å². The first-order valence-electron chi connectivity index (χ1n) is 6.85. The number of hydrogen-bond acceptors (Lipinski definition) is 3. The number of carbonyl (C=O) groups is 2. The molecule has 0 spiro atoms. The van der Waals surface area contributed by atoms with Crippen molar-refractivity contribution in [1.82, 2.24) is 9.80 Å². The molecule has 3 atom stereocenters. The second-order valence-electron chi connectivity index (χ2n) is 5.52. The second kappa shape index (κ2) is 5.26. The molecule has 2 unspecified atom stereocenters. The maximum atomic E-state index is 12.1. The van der Waals surface area contributed by atoms with Crippen LogP contribution in [0.1, 0.15) is 33.1 Å². The summed E-state index contributed by atoms with van der Waals surface area (Å²) in [5, 5.41) is 0. The molecule has 2 bridgehead atoms. The van der Waals surface area contributed by atoms with Crippen LogP contribution in [0.25, 0.3) is 0 Å². The predicted octanol–water partition coefficient (Wildman–Crippen LogP) is 0.193. The van der Waals surface area contributed by atoms with Crippen molar-refractivity contribution in [2.24, 2.45) is 11.7 Å². The summed E-state index contributed by atoms with van der Waals surface area (Å²) in [6.45, 7) is 6.90. The molecule has 2 aliphatic heterocycles. The molecule has 2 fully saturated rings. The number of primary amides is 1. The molecule has 2 aliphatic rings. The third kappa shape index (κ3) is 2.51. The SMILES string of the molecule is CCN1C[C@@H]2CC1CN2C(=O)CCC(C)C(N)=O. The Kier molecular flexibility index (Phi) is 3.90. The lowest BCUT2D eigenvalue weighted by atomic mass is 10.0. The van der Waals surface area contributed by atoms with E-state index in [4.69, 9.17) is 5.73 Å². The van der Waals surface area contributed by atoms with E-state index in [0.29, 0.717) is 24.9 Å². The van der Waals surface area contributed by atoms with E-state index in [1.165, 1.54) is 0 Å². The van der Waals surface area contributed by atoms with Gasteiger partial charge in [0.15, 0.2) is 0 Å². The number of nitrogens with zero attached hydrogens (tertiary/aromatic N) is 2. The predicted molar refractivity (Wildman–Crippen MR) is 68.7 cm³/mol. The monoisotopic (exact) mass is 253 g/mol. The van der Waals surface area contributed by atoms with Gasteiger partial charge in [-0.15, -0.1) is 0 Å². The molecule has 102 valence electrons. The first-order valence-corrected chi connectivity index (χ1v) is 6.85. The third-order valence-corrected chi connectivity index (χ3v) is 4.36.